The highest BCUT2D eigenvalue weighted by Crippen LogP contribution is 2.52. The zero-order valence-electron chi connectivity index (χ0n) is 22.7. The summed E-state index contributed by atoms with van der Waals surface area (Å²) in [5.74, 6) is -1.15. The van der Waals surface area contributed by atoms with Gasteiger partial charge in [0.25, 0.3) is 8.32 Å². The van der Waals surface area contributed by atoms with Crippen LogP contribution in [-0.2, 0) is 14.2 Å². The third kappa shape index (κ3) is 5.52. The highest BCUT2D eigenvalue weighted by Gasteiger charge is 2.59. The summed E-state index contributed by atoms with van der Waals surface area (Å²) in [7, 11) is -4.97. The lowest BCUT2D eigenvalue weighted by molar-refractivity contribution is -0.150. The van der Waals surface area contributed by atoms with Crippen LogP contribution in [0.15, 0.2) is 71.7 Å². The molecule has 0 unspecified atom stereocenters. The molecule has 0 spiro atoms. The molecule has 1 aliphatic heterocycles. The summed E-state index contributed by atoms with van der Waals surface area (Å²) >= 11 is 0. The Kier molecular flexibility index (Phi) is 8.50. The molecule has 200 valence electrons. The van der Waals surface area contributed by atoms with Crippen LogP contribution in [0.5, 0.6) is 0 Å². The molecule has 0 radical (unpaired) electrons. The van der Waals surface area contributed by atoms with Crippen LogP contribution in [0.3, 0.4) is 0 Å². The van der Waals surface area contributed by atoms with Gasteiger partial charge in [0.2, 0.25) is 0 Å². The second kappa shape index (κ2) is 11.1. The zero-order chi connectivity index (χ0) is 26.8. The Labute approximate surface area is 222 Å². The van der Waals surface area contributed by atoms with Crippen molar-refractivity contribution < 1.29 is 29.1 Å². The molecule has 8 heteroatoms. The lowest BCUT2D eigenvalue weighted by Gasteiger charge is -2.43. The molecule has 0 aromatic heterocycles. The molecule has 4 rings (SSSR count). The second-order valence-electron chi connectivity index (χ2n) is 11.4. The van der Waals surface area contributed by atoms with E-state index >= 15 is 0 Å². The number of fused-ring (bicyclic) bond motifs is 1. The van der Waals surface area contributed by atoms with Crippen LogP contribution >= 0.6 is 0 Å². The Morgan fingerprint density at radius 2 is 1.54 bits per heavy atom. The summed E-state index contributed by atoms with van der Waals surface area (Å²) in [6.07, 6.45) is 1.64. The van der Waals surface area contributed by atoms with E-state index in [0.29, 0.717) is 18.5 Å². The average molecular weight is 525 g/mol. The van der Waals surface area contributed by atoms with E-state index in [-0.39, 0.29) is 18.6 Å². The van der Waals surface area contributed by atoms with Crippen molar-refractivity contribution in [1.29, 1.82) is 0 Å². The van der Waals surface area contributed by atoms with Crippen molar-refractivity contribution in [2.75, 3.05) is 13.2 Å². The first-order valence-corrected chi connectivity index (χ1v) is 15.3. The molecule has 6 nitrogen and oxygen atoms in total. The van der Waals surface area contributed by atoms with E-state index in [9.17, 15) is 14.8 Å². The first-order chi connectivity index (χ1) is 17.5. The largest absolute Gasteiger partial charge is 0.484 e. The molecule has 0 bridgehead atoms. The van der Waals surface area contributed by atoms with Gasteiger partial charge in [-0.05, 0) is 53.1 Å². The van der Waals surface area contributed by atoms with Crippen LogP contribution in [0.2, 0.25) is 5.04 Å². The highest BCUT2D eigenvalue weighted by molar-refractivity contribution is 6.98. The van der Waals surface area contributed by atoms with Crippen LogP contribution < -0.4 is 10.4 Å². The zero-order valence-corrected chi connectivity index (χ0v) is 23.7. The molecular weight excluding hydrogens is 483 g/mol. The fraction of sp³-hybridized carbons (Fsp3) is 0.517. The standard InChI is InChI=1S/C29H41BO6Si/c1-6-7-18-34-20-24-25(30(31)32)23(26-27(24)36-29(4,5)35-26)19-28(2,3)37(33,21-14-10-8-11-15-21)22-16-12-9-13-17-22/h8-17,23,26-27,31-33H,6-7,18-20H2,1-5H3/t23-,26-,27+/m0/s1. The molecule has 0 saturated carbocycles. The predicted octanol–water partition coefficient (Wildman–Crippen LogP) is 3.18. The molecule has 3 atom stereocenters. The van der Waals surface area contributed by atoms with Crippen molar-refractivity contribution in [3.63, 3.8) is 0 Å². The molecular formula is C29H41BO6Si. The Balaban J connectivity index is 1.76. The third-order valence-corrected chi connectivity index (χ3v) is 12.4. The fourth-order valence-corrected chi connectivity index (χ4v) is 9.88. The maximum Gasteiger partial charge on any atom is 0.484 e. The van der Waals surface area contributed by atoms with Crippen LogP contribution in [0, 0.1) is 5.92 Å². The van der Waals surface area contributed by atoms with E-state index < -0.39 is 32.4 Å². The van der Waals surface area contributed by atoms with Crippen molar-refractivity contribution in [3.05, 3.63) is 71.7 Å². The minimum atomic E-state index is -3.31. The number of hydrogen-bond donors (Lipinski definition) is 3. The lowest BCUT2D eigenvalue weighted by atomic mass is 9.69. The Hall–Kier alpha value is -1.78. The van der Waals surface area contributed by atoms with Gasteiger partial charge in [-0.25, -0.2) is 0 Å². The predicted molar refractivity (Wildman–Crippen MR) is 149 cm³/mol. The summed E-state index contributed by atoms with van der Waals surface area (Å²) < 4.78 is 18.6. The molecule has 3 N–H and O–H groups in total. The highest BCUT2D eigenvalue weighted by atomic mass is 28.4. The summed E-state index contributed by atoms with van der Waals surface area (Å²) in [5, 5.41) is 22.4. The van der Waals surface area contributed by atoms with Crippen LogP contribution in [0.1, 0.15) is 53.9 Å². The number of ether oxygens (including phenoxy) is 3. The fourth-order valence-electron chi connectivity index (χ4n) is 6.11. The molecule has 1 saturated heterocycles. The molecule has 2 aliphatic rings. The monoisotopic (exact) mass is 524 g/mol. The van der Waals surface area contributed by atoms with Gasteiger partial charge in [0.15, 0.2) is 5.79 Å². The van der Waals surface area contributed by atoms with Crippen molar-refractivity contribution >= 4 is 25.8 Å². The van der Waals surface area contributed by atoms with Gasteiger partial charge in [-0.2, -0.15) is 0 Å². The summed E-state index contributed by atoms with van der Waals surface area (Å²) in [6.45, 7) is 10.9. The number of rotatable bonds is 11. The maximum absolute atomic E-state index is 12.7. The Morgan fingerprint density at radius 3 is 2.05 bits per heavy atom. The first-order valence-electron chi connectivity index (χ1n) is 13.4. The van der Waals surface area contributed by atoms with Gasteiger partial charge in [0.05, 0.1) is 12.7 Å². The van der Waals surface area contributed by atoms with Crippen LogP contribution in [0.4, 0.5) is 0 Å². The Morgan fingerprint density at radius 1 is 0.973 bits per heavy atom. The molecule has 2 aromatic carbocycles. The second-order valence-corrected chi connectivity index (χ2v) is 15.3. The smallest absolute Gasteiger partial charge is 0.424 e. The van der Waals surface area contributed by atoms with Crippen molar-refractivity contribution in [3.8, 4) is 0 Å². The maximum atomic E-state index is 12.7. The van der Waals surface area contributed by atoms with Gasteiger partial charge in [-0.15, -0.1) is 0 Å². The van der Waals surface area contributed by atoms with E-state index in [0.717, 1.165) is 28.8 Å². The van der Waals surface area contributed by atoms with E-state index in [4.69, 9.17) is 14.2 Å². The Bertz CT molecular complexity index is 1030. The average Bonchev–Trinajstić information content (AvgIpc) is 3.32. The number of hydrogen-bond acceptors (Lipinski definition) is 6. The van der Waals surface area contributed by atoms with Crippen molar-refractivity contribution in [2.24, 2.45) is 5.92 Å². The molecule has 1 heterocycles. The van der Waals surface area contributed by atoms with Crippen LogP contribution in [-0.4, -0.2) is 61.5 Å². The molecule has 2 aromatic rings. The van der Waals surface area contributed by atoms with Gasteiger partial charge in [-0.1, -0.05) is 87.9 Å². The van der Waals surface area contributed by atoms with Gasteiger partial charge in [-0.3, -0.25) is 0 Å². The minimum absolute atomic E-state index is 0.267. The van der Waals surface area contributed by atoms with Gasteiger partial charge < -0.3 is 29.1 Å². The van der Waals surface area contributed by atoms with Gasteiger partial charge in [0.1, 0.15) is 6.10 Å². The summed E-state index contributed by atoms with van der Waals surface area (Å²) in [5.41, 5.74) is 1.26. The van der Waals surface area contributed by atoms with Gasteiger partial charge >= 0.3 is 7.12 Å². The lowest BCUT2D eigenvalue weighted by Crippen LogP contribution is -2.65. The number of benzene rings is 2. The first kappa shape index (κ1) is 28.2. The SMILES string of the molecule is CCCCOCC1=C(B(O)O)[C@H](CC(C)(C)[Si](O)(c2ccccc2)c2ccccc2)[C@@H]2OC(C)(C)O[C@H]12. The topological polar surface area (TPSA) is 88.4 Å². The van der Waals surface area contributed by atoms with E-state index in [2.05, 4.69) is 20.8 Å². The van der Waals surface area contributed by atoms with Gasteiger partial charge in [0, 0.05) is 12.5 Å². The molecule has 1 fully saturated rings. The minimum Gasteiger partial charge on any atom is -0.424 e. The molecule has 0 amide bonds. The van der Waals surface area contributed by atoms with E-state index in [1.165, 1.54) is 0 Å². The number of unbranched alkanes of at least 4 members (excludes halogenated alkanes) is 1. The van der Waals surface area contributed by atoms with Crippen molar-refractivity contribution in [1.82, 2.24) is 0 Å². The third-order valence-electron chi connectivity index (χ3n) is 7.91. The summed E-state index contributed by atoms with van der Waals surface area (Å²) in [4.78, 5) is 12.7. The molecule has 1 aliphatic carbocycles. The van der Waals surface area contributed by atoms with E-state index in [1.54, 1.807) is 0 Å². The van der Waals surface area contributed by atoms with Crippen LogP contribution in [0.25, 0.3) is 0 Å². The normalized spacial score (nSPS) is 23.4. The van der Waals surface area contributed by atoms with E-state index in [1.807, 2.05) is 74.5 Å². The quantitative estimate of drug-likeness (QED) is 0.309. The van der Waals surface area contributed by atoms with Crippen molar-refractivity contribution in [2.45, 2.75) is 76.9 Å². The summed E-state index contributed by atoms with van der Waals surface area (Å²) in [6, 6.07) is 19.8. The molecule has 37 heavy (non-hydrogen) atoms.